The molecule has 2 aromatic rings. The van der Waals surface area contributed by atoms with Crippen molar-refractivity contribution in [2.45, 2.75) is 6.42 Å². The van der Waals surface area contributed by atoms with Crippen molar-refractivity contribution in [2.24, 2.45) is 5.73 Å². The molecule has 1 aliphatic heterocycles. The van der Waals surface area contributed by atoms with Crippen LogP contribution in [0.2, 0.25) is 5.02 Å². The van der Waals surface area contributed by atoms with Crippen LogP contribution in [0.15, 0.2) is 42.5 Å². The van der Waals surface area contributed by atoms with Gasteiger partial charge in [-0.2, -0.15) is 0 Å². The van der Waals surface area contributed by atoms with E-state index in [2.05, 4.69) is 4.90 Å². The minimum Gasteiger partial charge on any atom is -0.491 e. The van der Waals surface area contributed by atoms with Crippen LogP contribution in [0.3, 0.4) is 0 Å². The number of nitrogens with zero attached hydrogens (tertiary/aromatic N) is 1. The highest BCUT2D eigenvalue weighted by molar-refractivity contribution is 6.33. The van der Waals surface area contributed by atoms with E-state index < -0.39 is 0 Å². The first-order valence-corrected chi connectivity index (χ1v) is 7.18. The maximum absolute atomic E-state index is 7.48. The predicted molar refractivity (Wildman–Crippen MR) is 86.0 cm³/mol. The van der Waals surface area contributed by atoms with Crippen LogP contribution in [0.25, 0.3) is 0 Å². The number of para-hydroxylation sites is 2. The number of halogens is 1. The quantitative estimate of drug-likeness (QED) is 0.659. The van der Waals surface area contributed by atoms with E-state index in [4.69, 9.17) is 27.5 Å². The van der Waals surface area contributed by atoms with E-state index in [9.17, 15) is 0 Å². The first-order valence-electron chi connectivity index (χ1n) is 6.80. The standard InChI is InChI=1S/C16H16ClN3O/c17-12-10-11(16(18)19)6-7-13(12)20-8-3-9-21-15-5-2-1-4-14(15)20/h1-2,4-7,10H,3,8-9H2,(H3,18,19). The second kappa shape index (κ2) is 5.66. The first kappa shape index (κ1) is 13.8. The van der Waals surface area contributed by atoms with Crippen molar-refractivity contribution in [3.05, 3.63) is 53.1 Å². The van der Waals surface area contributed by atoms with E-state index in [0.717, 1.165) is 30.1 Å². The van der Waals surface area contributed by atoms with Gasteiger partial charge in [-0.05, 0) is 36.8 Å². The molecule has 5 heteroatoms. The van der Waals surface area contributed by atoms with Crippen LogP contribution in [0, 0.1) is 5.41 Å². The summed E-state index contributed by atoms with van der Waals surface area (Å²) >= 11 is 6.39. The fourth-order valence-corrected chi connectivity index (χ4v) is 2.75. The highest BCUT2D eigenvalue weighted by atomic mass is 35.5. The molecule has 0 aliphatic carbocycles. The molecule has 0 radical (unpaired) electrons. The third-order valence-electron chi connectivity index (χ3n) is 3.49. The number of rotatable bonds is 2. The molecule has 0 saturated heterocycles. The van der Waals surface area contributed by atoms with E-state index >= 15 is 0 Å². The zero-order valence-electron chi connectivity index (χ0n) is 11.5. The van der Waals surface area contributed by atoms with Crippen molar-refractivity contribution in [2.75, 3.05) is 18.1 Å². The van der Waals surface area contributed by atoms with Gasteiger partial charge in [-0.25, -0.2) is 0 Å². The number of benzene rings is 2. The average molecular weight is 302 g/mol. The Balaban J connectivity index is 2.06. The molecule has 4 nitrogen and oxygen atoms in total. The largest absolute Gasteiger partial charge is 0.491 e. The van der Waals surface area contributed by atoms with Crippen molar-refractivity contribution in [3.63, 3.8) is 0 Å². The summed E-state index contributed by atoms with van der Waals surface area (Å²) in [7, 11) is 0. The molecule has 0 fully saturated rings. The number of amidine groups is 1. The Morgan fingerprint density at radius 3 is 2.76 bits per heavy atom. The van der Waals surface area contributed by atoms with Crippen molar-refractivity contribution in [3.8, 4) is 5.75 Å². The molecule has 21 heavy (non-hydrogen) atoms. The van der Waals surface area contributed by atoms with Crippen LogP contribution >= 0.6 is 11.6 Å². The van der Waals surface area contributed by atoms with E-state index in [1.165, 1.54) is 0 Å². The Hall–Kier alpha value is -2.20. The molecule has 0 atom stereocenters. The number of fused-ring (bicyclic) bond motifs is 1. The van der Waals surface area contributed by atoms with E-state index in [1.807, 2.05) is 36.4 Å². The Labute approximate surface area is 128 Å². The molecule has 0 spiro atoms. The minimum atomic E-state index is 0.0167. The lowest BCUT2D eigenvalue weighted by molar-refractivity contribution is 0.322. The molecule has 1 heterocycles. The molecule has 0 amide bonds. The number of nitrogens with two attached hydrogens (primary N) is 1. The Morgan fingerprint density at radius 2 is 2.00 bits per heavy atom. The topological polar surface area (TPSA) is 62.3 Å². The van der Waals surface area contributed by atoms with Gasteiger partial charge in [-0.15, -0.1) is 0 Å². The normalized spacial score (nSPS) is 14.0. The first-order chi connectivity index (χ1) is 10.2. The van der Waals surface area contributed by atoms with Crippen molar-refractivity contribution in [1.29, 1.82) is 5.41 Å². The number of hydrogen-bond donors (Lipinski definition) is 2. The van der Waals surface area contributed by atoms with Gasteiger partial charge in [-0.1, -0.05) is 23.7 Å². The maximum atomic E-state index is 7.48. The van der Waals surface area contributed by atoms with Gasteiger partial charge in [0, 0.05) is 12.1 Å². The summed E-state index contributed by atoms with van der Waals surface area (Å²) in [6.07, 6.45) is 0.916. The summed E-state index contributed by atoms with van der Waals surface area (Å²) in [5.41, 5.74) is 8.04. The second-order valence-electron chi connectivity index (χ2n) is 4.90. The third-order valence-corrected chi connectivity index (χ3v) is 3.79. The second-order valence-corrected chi connectivity index (χ2v) is 5.31. The minimum absolute atomic E-state index is 0.0167. The number of nitrogen functional groups attached to an aromatic ring is 1. The number of hydrogen-bond acceptors (Lipinski definition) is 3. The van der Waals surface area contributed by atoms with Crippen molar-refractivity contribution < 1.29 is 4.74 Å². The van der Waals surface area contributed by atoms with Crippen molar-refractivity contribution >= 4 is 28.8 Å². The van der Waals surface area contributed by atoms with Crippen LogP contribution < -0.4 is 15.4 Å². The summed E-state index contributed by atoms with van der Waals surface area (Å²) in [5, 5.41) is 8.07. The fourth-order valence-electron chi connectivity index (χ4n) is 2.47. The highest BCUT2D eigenvalue weighted by Gasteiger charge is 2.19. The molecule has 0 aromatic heterocycles. The van der Waals surface area contributed by atoms with Gasteiger partial charge in [0.1, 0.15) is 11.6 Å². The van der Waals surface area contributed by atoms with E-state index in [1.54, 1.807) is 6.07 Å². The lowest BCUT2D eigenvalue weighted by Crippen LogP contribution is -2.18. The van der Waals surface area contributed by atoms with Gasteiger partial charge in [-0.3, -0.25) is 5.41 Å². The van der Waals surface area contributed by atoms with E-state index in [-0.39, 0.29) is 5.84 Å². The smallest absolute Gasteiger partial charge is 0.142 e. The van der Waals surface area contributed by atoms with Crippen molar-refractivity contribution in [1.82, 2.24) is 0 Å². The monoisotopic (exact) mass is 301 g/mol. The molecule has 2 aromatic carbocycles. The molecular weight excluding hydrogens is 286 g/mol. The molecule has 0 unspecified atom stereocenters. The van der Waals surface area contributed by atoms with Crippen LogP contribution in [0.4, 0.5) is 11.4 Å². The van der Waals surface area contributed by atoms with Crippen LogP contribution in [0.5, 0.6) is 5.75 Å². The third kappa shape index (κ3) is 2.67. The highest BCUT2D eigenvalue weighted by Crippen LogP contribution is 2.39. The molecule has 3 rings (SSSR count). The van der Waals surface area contributed by atoms with Crippen LogP contribution in [0.1, 0.15) is 12.0 Å². The fraction of sp³-hybridized carbons (Fsp3) is 0.188. The van der Waals surface area contributed by atoms with Crippen LogP contribution in [-0.2, 0) is 0 Å². The molecule has 0 saturated carbocycles. The van der Waals surface area contributed by atoms with Gasteiger partial charge in [0.05, 0.1) is 23.0 Å². The zero-order chi connectivity index (χ0) is 14.8. The Kier molecular flexibility index (Phi) is 3.71. The summed E-state index contributed by atoms with van der Waals surface area (Å²) < 4.78 is 5.76. The molecular formula is C16H16ClN3O. The zero-order valence-corrected chi connectivity index (χ0v) is 12.2. The molecule has 1 aliphatic rings. The van der Waals surface area contributed by atoms with Crippen LogP contribution in [-0.4, -0.2) is 19.0 Å². The summed E-state index contributed by atoms with van der Waals surface area (Å²) in [4.78, 5) is 2.15. The summed E-state index contributed by atoms with van der Waals surface area (Å²) in [6.45, 7) is 1.52. The SMILES string of the molecule is N=C(N)c1ccc(N2CCCOc3ccccc32)c(Cl)c1. The maximum Gasteiger partial charge on any atom is 0.142 e. The van der Waals surface area contributed by atoms with Gasteiger partial charge in [0.15, 0.2) is 0 Å². The van der Waals surface area contributed by atoms with E-state index in [0.29, 0.717) is 17.2 Å². The molecule has 0 bridgehead atoms. The lowest BCUT2D eigenvalue weighted by atomic mass is 10.1. The summed E-state index contributed by atoms with van der Waals surface area (Å²) in [6, 6.07) is 13.4. The Morgan fingerprint density at radius 1 is 1.19 bits per heavy atom. The van der Waals surface area contributed by atoms with Gasteiger partial charge >= 0.3 is 0 Å². The lowest BCUT2D eigenvalue weighted by Gasteiger charge is -2.25. The number of nitrogens with one attached hydrogen (secondary N) is 1. The molecule has 108 valence electrons. The van der Waals surface area contributed by atoms with Gasteiger partial charge in [0.2, 0.25) is 0 Å². The Bertz CT molecular complexity index is 687. The number of anilines is 2. The van der Waals surface area contributed by atoms with Gasteiger partial charge < -0.3 is 15.4 Å². The summed E-state index contributed by atoms with van der Waals surface area (Å²) in [5.74, 6) is 0.879. The van der Waals surface area contributed by atoms with Gasteiger partial charge in [0.25, 0.3) is 0 Å². The predicted octanol–water partition coefficient (Wildman–Crippen LogP) is 3.54. The molecule has 3 N–H and O–H groups in total. The number of ether oxygens (including phenoxy) is 1. The average Bonchev–Trinajstić information content (AvgIpc) is 2.69.